The van der Waals surface area contributed by atoms with Gasteiger partial charge in [0.05, 0.1) is 5.56 Å². The van der Waals surface area contributed by atoms with Gasteiger partial charge in [-0.3, -0.25) is 0 Å². The molecule has 0 atom stereocenters. The van der Waals surface area contributed by atoms with Crippen molar-refractivity contribution in [1.82, 2.24) is 0 Å². The smallest absolute Gasteiger partial charge is 0.336 e. The number of thiophene rings is 1. The van der Waals surface area contributed by atoms with E-state index in [1.165, 1.54) is 5.56 Å². The molecule has 0 saturated carbocycles. The molecule has 0 fully saturated rings. The average Bonchev–Trinajstić information content (AvgIpc) is 2.49. The van der Waals surface area contributed by atoms with E-state index in [1.54, 1.807) is 17.4 Å². The van der Waals surface area contributed by atoms with Crippen LogP contribution in [0.4, 0.5) is 0 Å². The van der Waals surface area contributed by atoms with Gasteiger partial charge in [-0.15, -0.1) is 11.3 Å². The lowest BCUT2D eigenvalue weighted by atomic mass is 10.1. The lowest BCUT2D eigenvalue weighted by Gasteiger charge is -2.01. The van der Waals surface area contributed by atoms with E-state index in [4.69, 9.17) is 5.11 Å². The predicted molar refractivity (Wildman–Crippen MR) is 58.3 cm³/mol. The van der Waals surface area contributed by atoms with Crippen LogP contribution in [-0.2, 0) is 0 Å². The second-order valence-electron chi connectivity index (χ2n) is 3.34. The van der Waals surface area contributed by atoms with Crippen molar-refractivity contribution in [1.29, 1.82) is 0 Å². The van der Waals surface area contributed by atoms with Gasteiger partial charge in [-0.1, -0.05) is 6.07 Å². The fourth-order valence-electron chi connectivity index (χ4n) is 1.60. The van der Waals surface area contributed by atoms with Crippen molar-refractivity contribution in [2.45, 2.75) is 13.8 Å². The van der Waals surface area contributed by atoms with E-state index in [2.05, 4.69) is 5.38 Å². The minimum absolute atomic E-state index is 0.402. The topological polar surface area (TPSA) is 37.3 Å². The maximum Gasteiger partial charge on any atom is 0.336 e. The summed E-state index contributed by atoms with van der Waals surface area (Å²) in [6, 6.07) is 3.57. The van der Waals surface area contributed by atoms with Crippen molar-refractivity contribution in [3.63, 3.8) is 0 Å². The molecule has 1 heterocycles. The SMILES string of the molecule is Cc1csc2c(C)c(C(=O)O)ccc12. The molecule has 14 heavy (non-hydrogen) atoms. The number of hydrogen-bond acceptors (Lipinski definition) is 2. The average molecular weight is 206 g/mol. The fraction of sp³-hybridized carbons (Fsp3) is 0.182. The molecule has 0 saturated heterocycles. The molecule has 72 valence electrons. The summed E-state index contributed by atoms with van der Waals surface area (Å²) in [6.45, 7) is 3.90. The van der Waals surface area contributed by atoms with Gasteiger partial charge in [0, 0.05) is 4.70 Å². The number of rotatable bonds is 1. The van der Waals surface area contributed by atoms with Gasteiger partial charge in [0.15, 0.2) is 0 Å². The highest BCUT2D eigenvalue weighted by atomic mass is 32.1. The monoisotopic (exact) mass is 206 g/mol. The Morgan fingerprint density at radius 2 is 2.07 bits per heavy atom. The standard InChI is InChI=1S/C11H10O2S/c1-6-5-14-10-7(2)9(11(12)13)4-3-8(6)10/h3-5H,1-2H3,(H,12,13). The molecule has 0 bridgehead atoms. The van der Waals surface area contributed by atoms with Crippen molar-refractivity contribution in [3.05, 3.63) is 34.2 Å². The van der Waals surface area contributed by atoms with Gasteiger partial charge in [0.2, 0.25) is 0 Å². The van der Waals surface area contributed by atoms with E-state index in [0.717, 1.165) is 15.6 Å². The quantitative estimate of drug-likeness (QED) is 0.777. The second-order valence-corrected chi connectivity index (χ2v) is 4.22. The molecule has 0 radical (unpaired) electrons. The van der Waals surface area contributed by atoms with Gasteiger partial charge in [0.1, 0.15) is 0 Å². The minimum atomic E-state index is -0.851. The molecule has 0 aliphatic heterocycles. The van der Waals surface area contributed by atoms with Crippen LogP contribution in [0.15, 0.2) is 17.5 Å². The van der Waals surface area contributed by atoms with Crippen molar-refractivity contribution in [3.8, 4) is 0 Å². The molecule has 0 aliphatic carbocycles. The van der Waals surface area contributed by atoms with Crippen LogP contribution in [0.3, 0.4) is 0 Å². The molecule has 0 aliphatic rings. The number of aromatic carboxylic acids is 1. The van der Waals surface area contributed by atoms with E-state index < -0.39 is 5.97 Å². The molecular formula is C11H10O2S. The Hall–Kier alpha value is -1.35. The maximum atomic E-state index is 10.9. The molecule has 2 nitrogen and oxygen atoms in total. The molecule has 0 amide bonds. The number of benzene rings is 1. The van der Waals surface area contributed by atoms with E-state index >= 15 is 0 Å². The van der Waals surface area contributed by atoms with Crippen LogP contribution in [0.5, 0.6) is 0 Å². The summed E-state index contributed by atoms with van der Waals surface area (Å²) in [7, 11) is 0. The third kappa shape index (κ3) is 1.21. The normalized spacial score (nSPS) is 10.7. The number of aryl methyl sites for hydroxylation is 2. The van der Waals surface area contributed by atoms with Crippen molar-refractivity contribution in [2.24, 2.45) is 0 Å². The number of fused-ring (bicyclic) bond motifs is 1. The lowest BCUT2D eigenvalue weighted by molar-refractivity contribution is 0.0696. The molecule has 1 N–H and O–H groups in total. The van der Waals surface area contributed by atoms with Crippen LogP contribution in [-0.4, -0.2) is 11.1 Å². The number of carboxylic acids is 1. The van der Waals surface area contributed by atoms with E-state index in [-0.39, 0.29) is 0 Å². The maximum absolute atomic E-state index is 10.9. The van der Waals surface area contributed by atoms with Crippen molar-refractivity contribution in [2.75, 3.05) is 0 Å². The highest BCUT2D eigenvalue weighted by Crippen LogP contribution is 2.30. The first kappa shape index (κ1) is 9.21. The van der Waals surface area contributed by atoms with Crippen LogP contribution in [0.25, 0.3) is 10.1 Å². The molecular weight excluding hydrogens is 196 g/mol. The zero-order valence-electron chi connectivity index (χ0n) is 8.00. The minimum Gasteiger partial charge on any atom is -0.478 e. The summed E-state index contributed by atoms with van der Waals surface area (Å²) in [5.74, 6) is -0.851. The van der Waals surface area contributed by atoms with E-state index in [0.29, 0.717) is 5.56 Å². The third-order valence-electron chi connectivity index (χ3n) is 2.41. The predicted octanol–water partition coefficient (Wildman–Crippen LogP) is 3.22. The van der Waals surface area contributed by atoms with Crippen LogP contribution in [0.1, 0.15) is 21.5 Å². The van der Waals surface area contributed by atoms with Crippen molar-refractivity contribution < 1.29 is 9.90 Å². The van der Waals surface area contributed by atoms with Gasteiger partial charge in [0.25, 0.3) is 0 Å². The Morgan fingerprint density at radius 3 is 2.71 bits per heavy atom. The lowest BCUT2D eigenvalue weighted by Crippen LogP contribution is -1.98. The third-order valence-corrected chi connectivity index (χ3v) is 3.65. The van der Waals surface area contributed by atoms with Gasteiger partial charge in [-0.25, -0.2) is 4.79 Å². The number of carboxylic acid groups (broad SMARTS) is 1. The van der Waals surface area contributed by atoms with Gasteiger partial charge < -0.3 is 5.11 Å². The zero-order chi connectivity index (χ0) is 10.3. The Balaban J connectivity index is 2.82. The largest absolute Gasteiger partial charge is 0.478 e. The van der Waals surface area contributed by atoms with Crippen LogP contribution in [0, 0.1) is 13.8 Å². The summed E-state index contributed by atoms with van der Waals surface area (Å²) < 4.78 is 1.09. The summed E-state index contributed by atoms with van der Waals surface area (Å²) in [5, 5.41) is 12.2. The number of carbonyl (C=O) groups is 1. The zero-order valence-corrected chi connectivity index (χ0v) is 8.81. The highest BCUT2D eigenvalue weighted by molar-refractivity contribution is 7.17. The van der Waals surface area contributed by atoms with Gasteiger partial charge >= 0.3 is 5.97 Å². The summed E-state index contributed by atoms with van der Waals surface area (Å²) in [6.07, 6.45) is 0. The highest BCUT2D eigenvalue weighted by Gasteiger charge is 2.11. The Kier molecular flexibility index (Phi) is 2.04. The van der Waals surface area contributed by atoms with Crippen LogP contribution < -0.4 is 0 Å². The molecule has 1 aromatic heterocycles. The molecule has 0 unspecified atom stereocenters. The molecule has 3 heteroatoms. The van der Waals surface area contributed by atoms with Gasteiger partial charge in [-0.2, -0.15) is 0 Å². The van der Waals surface area contributed by atoms with E-state index in [1.807, 2.05) is 19.9 Å². The van der Waals surface area contributed by atoms with Gasteiger partial charge in [-0.05, 0) is 41.8 Å². The summed E-state index contributed by atoms with van der Waals surface area (Å²) in [5.41, 5.74) is 2.48. The van der Waals surface area contributed by atoms with Crippen LogP contribution in [0.2, 0.25) is 0 Å². The molecule has 1 aromatic carbocycles. The molecule has 0 spiro atoms. The second kappa shape index (κ2) is 3.10. The molecule has 2 rings (SSSR count). The Labute approximate surface area is 85.8 Å². The fourth-order valence-corrected chi connectivity index (χ4v) is 2.66. The van der Waals surface area contributed by atoms with Crippen LogP contribution >= 0.6 is 11.3 Å². The Bertz CT molecular complexity index is 511. The summed E-state index contributed by atoms with van der Waals surface area (Å²) >= 11 is 1.61. The first-order valence-corrected chi connectivity index (χ1v) is 5.20. The summed E-state index contributed by atoms with van der Waals surface area (Å²) in [4.78, 5) is 10.9. The van der Waals surface area contributed by atoms with E-state index in [9.17, 15) is 4.79 Å². The molecule has 2 aromatic rings. The first-order chi connectivity index (χ1) is 6.61. The number of hydrogen-bond donors (Lipinski definition) is 1. The Morgan fingerprint density at radius 1 is 1.36 bits per heavy atom. The van der Waals surface area contributed by atoms with Crippen molar-refractivity contribution >= 4 is 27.4 Å². The first-order valence-electron chi connectivity index (χ1n) is 4.32.